The van der Waals surface area contributed by atoms with Gasteiger partial charge in [0.2, 0.25) is 5.95 Å². The minimum absolute atomic E-state index is 0.114. The molecule has 2 aliphatic rings. The number of carbonyl (C=O) groups excluding carboxylic acids is 2. The fraction of sp³-hybridized carbons (Fsp3) is 0.600. The van der Waals surface area contributed by atoms with Crippen molar-refractivity contribution in [2.45, 2.75) is 71.5 Å². The second-order valence-electron chi connectivity index (χ2n) is 12.2. The van der Waals surface area contributed by atoms with Crippen LogP contribution >= 0.6 is 0 Å². The number of aromatic nitrogens is 2. The molecule has 4 rings (SSSR count). The normalized spacial score (nSPS) is 16.5. The highest BCUT2D eigenvalue weighted by molar-refractivity contribution is 5.95. The Bertz CT molecular complexity index is 1190. The number of carbonyl (C=O) groups is 2. The van der Waals surface area contributed by atoms with Crippen LogP contribution < -0.4 is 25.2 Å². The van der Waals surface area contributed by atoms with Gasteiger partial charge in [-0.2, -0.15) is 4.98 Å². The zero-order valence-electron chi connectivity index (χ0n) is 25.0. The molecule has 2 fully saturated rings. The molecular formula is C30H45N7O3. The van der Waals surface area contributed by atoms with E-state index in [2.05, 4.69) is 39.3 Å². The van der Waals surface area contributed by atoms with E-state index in [4.69, 9.17) is 9.72 Å². The molecule has 1 aromatic heterocycles. The minimum Gasteiger partial charge on any atom is -0.495 e. The van der Waals surface area contributed by atoms with Crippen molar-refractivity contribution in [3.63, 3.8) is 0 Å². The number of anilines is 4. The highest BCUT2D eigenvalue weighted by atomic mass is 16.5. The number of rotatable bonds is 12. The molecule has 1 aliphatic carbocycles. The molecule has 10 heteroatoms. The SMILES string of the molecule is COc1cc(C(=O)NC2CN(C(C)C)C2)ccc1Nc1ncc(N(C)C)c(N(CC(C)(C)C=O)C2CCCC2)n1. The van der Waals surface area contributed by atoms with Gasteiger partial charge in [0.15, 0.2) is 5.82 Å². The van der Waals surface area contributed by atoms with Crippen molar-refractivity contribution in [3.05, 3.63) is 30.0 Å². The Hall–Kier alpha value is -3.40. The number of aldehydes is 1. The summed E-state index contributed by atoms with van der Waals surface area (Å²) < 4.78 is 5.64. The summed E-state index contributed by atoms with van der Waals surface area (Å²) in [5, 5.41) is 6.41. The van der Waals surface area contributed by atoms with Crippen molar-refractivity contribution >= 4 is 35.3 Å². The van der Waals surface area contributed by atoms with Crippen molar-refractivity contribution in [2.24, 2.45) is 5.41 Å². The van der Waals surface area contributed by atoms with Gasteiger partial charge >= 0.3 is 0 Å². The van der Waals surface area contributed by atoms with Gasteiger partial charge in [-0.25, -0.2) is 4.98 Å². The Kier molecular flexibility index (Phi) is 9.18. The summed E-state index contributed by atoms with van der Waals surface area (Å²) in [5.41, 5.74) is 1.58. The molecule has 40 heavy (non-hydrogen) atoms. The molecule has 218 valence electrons. The third-order valence-corrected chi connectivity index (χ3v) is 7.85. The lowest BCUT2D eigenvalue weighted by Crippen LogP contribution is -2.61. The number of methoxy groups -OCH3 is 1. The van der Waals surface area contributed by atoms with Crippen LogP contribution in [0.15, 0.2) is 24.4 Å². The summed E-state index contributed by atoms with van der Waals surface area (Å²) in [7, 11) is 5.53. The van der Waals surface area contributed by atoms with Crippen LogP contribution in [0.3, 0.4) is 0 Å². The lowest BCUT2D eigenvalue weighted by Gasteiger charge is -2.42. The molecule has 0 unspecified atom stereocenters. The maximum atomic E-state index is 12.9. The number of nitrogens with zero attached hydrogens (tertiary/aromatic N) is 5. The van der Waals surface area contributed by atoms with Crippen molar-refractivity contribution in [2.75, 3.05) is 56.0 Å². The van der Waals surface area contributed by atoms with Crippen LogP contribution in [-0.2, 0) is 4.79 Å². The van der Waals surface area contributed by atoms with E-state index >= 15 is 0 Å². The van der Waals surface area contributed by atoms with Crippen molar-refractivity contribution in [1.29, 1.82) is 0 Å². The molecule has 1 saturated carbocycles. The molecule has 1 amide bonds. The van der Waals surface area contributed by atoms with E-state index in [9.17, 15) is 9.59 Å². The summed E-state index contributed by atoms with van der Waals surface area (Å²) in [4.78, 5) is 40.9. The van der Waals surface area contributed by atoms with Crippen LogP contribution in [0.25, 0.3) is 0 Å². The molecule has 10 nitrogen and oxygen atoms in total. The first-order chi connectivity index (χ1) is 19.0. The van der Waals surface area contributed by atoms with Crippen molar-refractivity contribution in [3.8, 4) is 5.75 Å². The molecule has 0 bridgehead atoms. The molecule has 1 aromatic carbocycles. The Morgan fingerprint density at radius 1 is 1.23 bits per heavy atom. The molecule has 1 aliphatic heterocycles. The third-order valence-electron chi connectivity index (χ3n) is 7.85. The first kappa shape index (κ1) is 29.6. The van der Waals surface area contributed by atoms with Gasteiger partial charge < -0.3 is 30.0 Å². The first-order valence-electron chi connectivity index (χ1n) is 14.3. The largest absolute Gasteiger partial charge is 0.495 e. The minimum atomic E-state index is -0.517. The van der Waals surface area contributed by atoms with Gasteiger partial charge in [-0.05, 0) is 44.9 Å². The van der Waals surface area contributed by atoms with Crippen LogP contribution in [0.1, 0.15) is 63.7 Å². The van der Waals surface area contributed by atoms with Crippen LogP contribution in [0.5, 0.6) is 5.75 Å². The Morgan fingerprint density at radius 3 is 2.52 bits per heavy atom. The molecular weight excluding hydrogens is 506 g/mol. The van der Waals surface area contributed by atoms with Crippen LogP contribution in [0, 0.1) is 5.41 Å². The molecule has 0 radical (unpaired) electrons. The monoisotopic (exact) mass is 551 g/mol. The van der Waals surface area contributed by atoms with Crippen LogP contribution in [-0.4, -0.2) is 86.0 Å². The maximum absolute atomic E-state index is 12.9. The second-order valence-corrected chi connectivity index (χ2v) is 12.2. The second kappa shape index (κ2) is 12.4. The number of hydrogen-bond acceptors (Lipinski definition) is 9. The summed E-state index contributed by atoms with van der Waals surface area (Å²) >= 11 is 0. The number of nitrogens with one attached hydrogen (secondary N) is 2. The molecule has 0 atom stereocenters. The van der Waals surface area contributed by atoms with Gasteiger partial charge in [0, 0.05) is 56.8 Å². The van der Waals surface area contributed by atoms with Crippen LogP contribution in [0.4, 0.5) is 23.1 Å². The standard InChI is InChI=1S/C30H45N7O3/c1-20(2)36-16-22(17-36)32-28(39)21-12-13-24(26(14-21)40-7)33-29-31-15-25(35(5)6)27(34-29)37(18-30(3,4)19-38)23-10-8-9-11-23/h12-15,19-20,22-23H,8-11,16-18H2,1-7H3,(H,32,39)(H,31,33,34). The molecule has 2 N–H and O–H groups in total. The molecule has 2 heterocycles. The Morgan fingerprint density at radius 2 is 1.93 bits per heavy atom. The van der Waals surface area contributed by atoms with E-state index in [-0.39, 0.29) is 11.9 Å². The fourth-order valence-electron chi connectivity index (χ4n) is 5.37. The van der Waals surface area contributed by atoms with Crippen molar-refractivity contribution < 1.29 is 14.3 Å². The number of hydrogen-bond donors (Lipinski definition) is 2. The van der Waals surface area contributed by atoms with Gasteiger partial charge in [-0.1, -0.05) is 26.7 Å². The fourth-order valence-corrected chi connectivity index (χ4v) is 5.37. The van der Waals surface area contributed by atoms with E-state index in [1.165, 1.54) is 12.8 Å². The number of amides is 1. The van der Waals surface area contributed by atoms with Gasteiger partial charge in [-0.15, -0.1) is 0 Å². The van der Waals surface area contributed by atoms with Gasteiger partial charge in [0.1, 0.15) is 12.0 Å². The summed E-state index contributed by atoms with van der Waals surface area (Å²) in [5.74, 6) is 1.64. The summed E-state index contributed by atoms with van der Waals surface area (Å²) in [6, 6.07) is 6.30. The third kappa shape index (κ3) is 6.83. The molecule has 1 saturated heterocycles. The molecule has 0 spiro atoms. The zero-order valence-corrected chi connectivity index (χ0v) is 25.0. The Balaban J connectivity index is 1.57. The summed E-state index contributed by atoms with van der Waals surface area (Å²) in [6.45, 7) is 10.6. The number of likely N-dealkylation sites (tertiary alicyclic amines) is 1. The van der Waals surface area contributed by atoms with Gasteiger partial charge in [0.05, 0.1) is 30.7 Å². The average Bonchev–Trinajstić information content (AvgIpc) is 3.43. The zero-order chi connectivity index (χ0) is 29.0. The van der Waals surface area contributed by atoms with Crippen molar-refractivity contribution in [1.82, 2.24) is 20.2 Å². The van der Waals surface area contributed by atoms with E-state index in [1.807, 2.05) is 45.1 Å². The van der Waals surface area contributed by atoms with E-state index in [1.54, 1.807) is 19.2 Å². The highest BCUT2D eigenvalue weighted by Gasteiger charge is 2.32. The van der Waals surface area contributed by atoms with Gasteiger partial charge in [0.25, 0.3) is 5.91 Å². The number of ether oxygens (including phenoxy) is 1. The van der Waals surface area contributed by atoms with Crippen LogP contribution in [0.2, 0.25) is 0 Å². The maximum Gasteiger partial charge on any atom is 0.251 e. The average molecular weight is 552 g/mol. The Labute approximate surface area is 238 Å². The smallest absolute Gasteiger partial charge is 0.251 e. The van der Waals surface area contributed by atoms with E-state index < -0.39 is 5.41 Å². The topological polar surface area (TPSA) is 103 Å². The highest BCUT2D eigenvalue weighted by Crippen LogP contribution is 2.36. The van der Waals surface area contributed by atoms with Gasteiger partial charge in [-0.3, -0.25) is 9.69 Å². The van der Waals surface area contributed by atoms with E-state index in [0.717, 1.165) is 43.7 Å². The number of benzene rings is 1. The quantitative estimate of drug-likeness (QED) is 0.378. The predicted molar refractivity (Wildman–Crippen MR) is 160 cm³/mol. The lowest BCUT2D eigenvalue weighted by atomic mass is 9.94. The summed E-state index contributed by atoms with van der Waals surface area (Å²) in [6.07, 6.45) is 7.32. The first-order valence-corrected chi connectivity index (χ1v) is 14.3. The lowest BCUT2D eigenvalue weighted by molar-refractivity contribution is -0.114. The molecule has 2 aromatic rings. The van der Waals surface area contributed by atoms with E-state index in [0.29, 0.717) is 41.6 Å². The predicted octanol–water partition coefficient (Wildman–Crippen LogP) is 4.09.